The van der Waals surface area contributed by atoms with Gasteiger partial charge in [-0.05, 0) is 31.5 Å². The summed E-state index contributed by atoms with van der Waals surface area (Å²) in [5.74, 6) is -0.0651. The Labute approximate surface area is 139 Å². The average Bonchev–Trinajstić information content (AvgIpc) is 2.82. The summed E-state index contributed by atoms with van der Waals surface area (Å²) in [4.78, 5) is 17.0. The fourth-order valence-corrected chi connectivity index (χ4v) is 3.49. The molecule has 0 saturated heterocycles. The minimum atomic E-state index is -0.0651. The molecule has 0 N–H and O–H groups in total. The average molecular weight is 341 g/mol. The molecule has 4 nitrogen and oxygen atoms in total. The van der Waals surface area contributed by atoms with Crippen molar-refractivity contribution in [2.45, 2.75) is 39.7 Å². The van der Waals surface area contributed by atoms with E-state index in [-0.39, 0.29) is 5.91 Å². The molecule has 0 fully saturated rings. The van der Waals surface area contributed by atoms with Crippen molar-refractivity contribution in [2.24, 2.45) is 4.99 Å². The van der Waals surface area contributed by atoms with Gasteiger partial charge in [-0.2, -0.15) is 4.99 Å². The van der Waals surface area contributed by atoms with Crippen molar-refractivity contribution in [1.82, 2.24) is 4.57 Å². The number of fused-ring (bicyclic) bond motifs is 1. The zero-order valence-electron chi connectivity index (χ0n) is 13.0. The quantitative estimate of drug-likeness (QED) is 0.715. The maximum absolute atomic E-state index is 12.0. The van der Waals surface area contributed by atoms with Crippen LogP contribution < -0.4 is 4.80 Å². The van der Waals surface area contributed by atoms with Gasteiger partial charge in [0, 0.05) is 24.6 Å². The summed E-state index contributed by atoms with van der Waals surface area (Å²) >= 11 is 7.55. The number of carbonyl (C=O) groups excluding carboxylic acids is 1. The highest BCUT2D eigenvalue weighted by atomic mass is 35.5. The van der Waals surface area contributed by atoms with Crippen LogP contribution in [-0.4, -0.2) is 23.7 Å². The maximum atomic E-state index is 12.0. The third kappa shape index (κ3) is 4.41. The number of hydrogen-bond acceptors (Lipinski definition) is 3. The first-order chi connectivity index (χ1) is 10.7. The van der Waals surface area contributed by atoms with Gasteiger partial charge in [-0.1, -0.05) is 36.3 Å². The lowest BCUT2D eigenvalue weighted by atomic mass is 10.2. The zero-order chi connectivity index (χ0) is 15.9. The Hall–Kier alpha value is -1.17. The molecular formula is C16H21ClN2O2S. The Kier molecular flexibility index (Phi) is 6.61. The molecule has 0 bridgehead atoms. The number of thiazole rings is 1. The highest BCUT2D eigenvalue weighted by Crippen LogP contribution is 2.21. The predicted octanol–water partition coefficient (Wildman–Crippen LogP) is 4.01. The highest BCUT2D eigenvalue weighted by Gasteiger charge is 2.08. The largest absolute Gasteiger partial charge is 0.380 e. The number of rotatable bonds is 7. The van der Waals surface area contributed by atoms with Gasteiger partial charge < -0.3 is 9.30 Å². The van der Waals surface area contributed by atoms with E-state index in [1.54, 1.807) is 0 Å². The van der Waals surface area contributed by atoms with Gasteiger partial charge >= 0.3 is 0 Å². The van der Waals surface area contributed by atoms with Gasteiger partial charge in [0.25, 0.3) is 0 Å². The summed E-state index contributed by atoms with van der Waals surface area (Å²) in [6.07, 6.45) is 2.36. The van der Waals surface area contributed by atoms with E-state index in [0.717, 1.165) is 27.9 Å². The molecule has 0 saturated carbocycles. The number of ether oxygens (including phenoxy) is 1. The SMILES string of the molecule is CCCCC(=O)N=c1sc2cc(Cl)ccc2n1CCOCC. The molecule has 2 aromatic rings. The number of halogens is 1. The van der Waals surface area contributed by atoms with Crippen LogP contribution in [0.15, 0.2) is 23.2 Å². The number of hydrogen-bond donors (Lipinski definition) is 0. The second-order valence-corrected chi connectivity index (χ2v) is 6.40. The molecule has 1 amide bonds. The van der Waals surface area contributed by atoms with Crippen molar-refractivity contribution in [3.63, 3.8) is 0 Å². The van der Waals surface area contributed by atoms with Crippen LogP contribution in [0.1, 0.15) is 33.1 Å². The third-order valence-electron chi connectivity index (χ3n) is 3.27. The van der Waals surface area contributed by atoms with Gasteiger partial charge in [-0.15, -0.1) is 0 Å². The Morgan fingerprint density at radius 3 is 2.95 bits per heavy atom. The number of unbranched alkanes of at least 4 members (excludes halogenated alkanes) is 1. The first-order valence-corrected chi connectivity index (χ1v) is 8.79. The van der Waals surface area contributed by atoms with E-state index in [4.69, 9.17) is 16.3 Å². The van der Waals surface area contributed by atoms with Crippen molar-refractivity contribution < 1.29 is 9.53 Å². The Morgan fingerprint density at radius 1 is 1.41 bits per heavy atom. The summed E-state index contributed by atoms with van der Waals surface area (Å²) in [6, 6.07) is 5.74. The van der Waals surface area contributed by atoms with E-state index >= 15 is 0 Å². The van der Waals surface area contributed by atoms with Crippen LogP contribution in [0, 0.1) is 0 Å². The smallest absolute Gasteiger partial charge is 0.248 e. The van der Waals surface area contributed by atoms with Crippen LogP contribution >= 0.6 is 22.9 Å². The Morgan fingerprint density at radius 2 is 2.23 bits per heavy atom. The van der Waals surface area contributed by atoms with Gasteiger partial charge in [-0.3, -0.25) is 4.79 Å². The first-order valence-electron chi connectivity index (χ1n) is 7.60. The number of benzene rings is 1. The van der Waals surface area contributed by atoms with E-state index in [1.807, 2.05) is 29.7 Å². The number of aromatic nitrogens is 1. The molecule has 22 heavy (non-hydrogen) atoms. The number of amides is 1. The maximum Gasteiger partial charge on any atom is 0.248 e. The summed E-state index contributed by atoms with van der Waals surface area (Å²) in [5.41, 5.74) is 1.04. The fourth-order valence-electron chi connectivity index (χ4n) is 2.14. The molecule has 0 unspecified atom stereocenters. The monoisotopic (exact) mass is 340 g/mol. The lowest BCUT2D eigenvalue weighted by Gasteiger charge is -2.05. The molecule has 0 aliphatic rings. The molecule has 1 aromatic heterocycles. The molecular weight excluding hydrogens is 320 g/mol. The van der Waals surface area contributed by atoms with Crippen LogP contribution in [0.4, 0.5) is 0 Å². The summed E-state index contributed by atoms with van der Waals surface area (Å²) in [6.45, 7) is 5.99. The van der Waals surface area contributed by atoms with Crippen molar-refractivity contribution >= 4 is 39.1 Å². The lowest BCUT2D eigenvalue weighted by molar-refractivity contribution is -0.118. The van der Waals surface area contributed by atoms with E-state index < -0.39 is 0 Å². The van der Waals surface area contributed by atoms with Crippen molar-refractivity contribution in [3.8, 4) is 0 Å². The standard InChI is InChI=1S/C16H21ClN2O2S/c1-3-5-6-15(20)18-16-19(9-10-21-4-2)13-8-7-12(17)11-14(13)22-16/h7-8,11H,3-6,9-10H2,1-2H3. The molecule has 0 atom stereocenters. The van der Waals surface area contributed by atoms with E-state index in [1.165, 1.54) is 11.3 Å². The summed E-state index contributed by atoms with van der Waals surface area (Å²) in [7, 11) is 0. The second-order valence-electron chi connectivity index (χ2n) is 4.95. The molecule has 0 radical (unpaired) electrons. The fraction of sp³-hybridized carbons (Fsp3) is 0.500. The first kappa shape index (κ1) is 17.2. The van der Waals surface area contributed by atoms with Crippen LogP contribution in [0.25, 0.3) is 10.2 Å². The van der Waals surface area contributed by atoms with E-state index in [9.17, 15) is 4.79 Å². The lowest BCUT2D eigenvalue weighted by Crippen LogP contribution is -2.19. The van der Waals surface area contributed by atoms with Crippen LogP contribution in [0.2, 0.25) is 5.02 Å². The van der Waals surface area contributed by atoms with Crippen LogP contribution in [-0.2, 0) is 16.1 Å². The molecule has 0 aliphatic heterocycles. The summed E-state index contributed by atoms with van der Waals surface area (Å²) in [5, 5.41) is 0.689. The molecule has 1 aromatic carbocycles. The van der Waals surface area contributed by atoms with Gasteiger partial charge in [0.05, 0.1) is 16.8 Å². The summed E-state index contributed by atoms with van der Waals surface area (Å²) < 4.78 is 8.51. The Bertz CT molecular complexity index is 706. The number of carbonyl (C=O) groups is 1. The minimum absolute atomic E-state index is 0.0651. The second kappa shape index (κ2) is 8.46. The minimum Gasteiger partial charge on any atom is -0.380 e. The molecule has 120 valence electrons. The highest BCUT2D eigenvalue weighted by molar-refractivity contribution is 7.16. The zero-order valence-corrected chi connectivity index (χ0v) is 14.5. The van der Waals surface area contributed by atoms with Gasteiger partial charge in [0.1, 0.15) is 0 Å². The van der Waals surface area contributed by atoms with E-state index in [0.29, 0.717) is 31.2 Å². The van der Waals surface area contributed by atoms with Gasteiger partial charge in [0.2, 0.25) is 5.91 Å². The van der Waals surface area contributed by atoms with Gasteiger partial charge in [-0.25, -0.2) is 0 Å². The molecule has 1 heterocycles. The van der Waals surface area contributed by atoms with Crippen molar-refractivity contribution in [3.05, 3.63) is 28.0 Å². The molecule has 2 rings (SSSR count). The molecule has 6 heteroatoms. The number of nitrogens with zero attached hydrogens (tertiary/aromatic N) is 2. The van der Waals surface area contributed by atoms with E-state index in [2.05, 4.69) is 11.9 Å². The normalized spacial score (nSPS) is 12.2. The van der Waals surface area contributed by atoms with Crippen molar-refractivity contribution in [2.75, 3.05) is 13.2 Å². The predicted molar refractivity (Wildman–Crippen MR) is 91.4 cm³/mol. The van der Waals surface area contributed by atoms with Crippen molar-refractivity contribution in [1.29, 1.82) is 0 Å². The van der Waals surface area contributed by atoms with Crippen LogP contribution in [0.5, 0.6) is 0 Å². The topological polar surface area (TPSA) is 43.6 Å². The van der Waals surface area contributed by atoms with Crippen LogP contribution in [0.3, 0.4) is 0 Å². The Balaban J connectivity index is 2.39. The molecule has 0 spiro atoms. The third-order valence-corrected chi connectivity index (χ3v) is 4.55. The van der Waals surface area contributed by atoms with Gasteiger partial charge in [0.15, 0.2) is 4.80 Å². The molecule has 0 aliphatic carbocycles.